The fourth-order valence-corrected chi connectivity index (χ4v) is 2.23. The van der Waals surface area contributed by atoms with Gasteiger partial charge in [-0.2, -0.15) is 5.26 Å². The molecular weight excluding hydrogens is 216 g/mol. The Morgan fingerprint density at radius 3 is 2.38 bits per heavy atom. The van der Waals surface area contributed by atoms with Gasteiger partial charge in [0.25, 0.3) is 0 Å². The lowest BCUT2D eigenvalue weighted by Crippen LogP contribution is -1.99. The molecule has 1 aromatic carbocycles. The molecule has 78 valence electrons. The Balaban J connectivity index is 2.50. The van der Waals surface area contributed by atoms with Gasteiger partial charge in [0.1, 0.15) is 10.7 Å². The first-order chi connectivity index (χ1) is 7.70. The molecule has 0 atom stereocenters. The molecule has 2 rings (SSSR count). The molecule has 0 saturated heterocycles. The monoisotopic (exact) mass is 226 g/mol. The van der Waals surface area contributed by atoms with Crippen LogP contribution in [0.15, 0.2) is 36.4 Å². The molecule has 0 aliphatic heterocycles. The van der Waals surface area contributed by atoms with Crippen molar-refractivity contribution in [2.45, 2.75) is 6.92 Å². The lowest BCUT2D eigenvalue weighted by atomic mass is 10.1. The molecule has 0 aliphatic carbocycles. The van der Waals surface area contributed by atoms with E-state index < -0.39 is 0 Å². The Kier molecular flexibility index (Phi) is 2.84. The number of aryl methyl sites for hydroxylation is 1. The molecule has 1 N–H and O–H groups in total. The molecule has 1 aromatic heterocycles. The maximum atomic E-state index is 8.75. The molecule has 0 fully saturated rings. The average molecular weight is 226 g/mol. The molecule has 3 heteroatoms. The van der Waals surface area contributed by atoms with Gasteiger partial charge in [-0.15, -0.1) is 11.3 Å². The second-order valence-corrected chi connectivity index (χ2v) is 4.57. The van der Waals surface area contributed by atoms with E-state index in [1.54, 1.807) is 6.07 Å². The van der Waals surface area contributed by atoms with Crippen molar-refractivity contribution in [1.29, 1.82) is 10.7 Å². The highest BCUT2D eigenvalue weighted by molar-refractivity contribution is 7.12. The van der Waals surface area contributed by atoms with E-state index in [9.17, 15) is 0 Å². The van der Waals surface area contributed by atoms with Crippen LogP contribution in [0.3, 0.4) is 0 Å². The Morgan fingerprint density at radius 1 is 1.12 bits per heavy atom. The van der Waals surface area contributed by atoms with E-state index in [-0.39, 0.29) is 0 Å². The van der Waals surface area contributed by atoms with Gasteiger partial charge in [-0.1, -0.05) is 29.8 Å². The number of nitrogens with zero attached hydrogens (tertiary/aromatic N) is 1. The summed E-state index contributed by atoms with van der Waals surface area (Å²) in [5.41, 5.74) is 2.74. The molecule has 0 aliphatic rings. The van der Waals surface area contributed by atoms with Crippen molar-refractivity contribution < 1.29 is 0 Å². The third kappa shape index (κ3) is 2.02. The first-order valence-corrected chi connectivity index (χ1v) is 5.68. The van der Waals surface area contributed by atoms with E-state index in [2.05, 4.69) is 0 Å². The van der Waals surface area contributed by atoms with Crippen LogP contribution in [0.2, 0.25) is 0 Å². The molecular formula is C13H10N2S. The predicted molar refractivity (Wildman–Crippen MR) is 65.1 cm³/mol. The normalized spacial score (nSPS) is 9.75. The van der Waals surface area contributed by atoms with Crippen LogP contribution in [0.4, 0.5) is 0 Å². The van der Waals surface area contributed by atoms with Crippen molar-refractivity contribution in [3.63, 3.8) is 0 Å². The van der Waals surface area contributed by atoms with Gasteiger partial charge in [0.15, 0.2) is 0 Å². The zero-order chi connectivity index (χ0) is 11.5. The van der Waals surface area contributed by atoms with Gasteiger partial charge in [-0.3, -0.25) is 5.41 Å². The zero-order valence-electron chi connectivity index (χ0n) is 8.82. The quantitative estimate of drug-likeness (QED) is 0.798. The van der Waals surface area contributed by atoms with Crippen LogP contribution in [-0.4, -0.2) is 0 Å². The number of hydrogen-bond donors (Lipinski definition) is 1. The summed E-state index contributed by atoms with van der Waals surface area (Å²) in [6, 6.07) is 13.8. The summed E-state index contributed by atoms with van der Waals surface area (Å²) < 4.78 is 0.320. The minimum absolute atomic E-state index is 0.320. The molecule has 1 heterocycles. The van der Waals surface area contributed by atoms with Crippen molar-refractivity contribution in [1.82, 2.24) is 0 Å². The Hall–Kier alpha value is -1.92. The van der Waals surface area contributed by atoms with Gasteiger partial charge >= 0.3 is 0 Å². The van der Waals surface area contributed by atoms with Crippen LogP contribution >= 0.6 is 11.3 Å². The maximum Gasteiger partial charge on any atom is 0.126 e. The van der Waals surface area contributed by atoms with E-state index >= 15 is 0 Å². The van der Waals surface area contributed by atoms with E-state index in [4.69, 9.17) is 10.7 Å². The van der Waals surface area contributed by atoms with Crippen LogP contribution in [-0.2, 0) is 0 Å². The minimum Gasteiger partial charge on any atom is -0.289 e. The molecule has 0 bridgehead atoms. The van der Waals surface area contributed by atoms with Crippen molar-refractivity contribution in [3.8, 4) is 16.5 Å². The van der Waals surface area contributed by atoms with Crippen molar-refractivity contribution in [3.05, 3.63) is 52.2 Å². The van der Waals surface area contributed by atoms with E-state index in [0.717, 1.165) is 10.4 Å². The molecule has 2 nitrogen and oxygen atoms in total. The molecule has 0 spiro atoms. The summed E-state index contributed by atoms with van der Waals surface area (Å²) in [6.45, 7) is 2.04. The number of benzene rings is 1. The van der Waals surface area contributed by atoms with Gasteiger partial charge in [-0.25, -0.2) is 0 Å². The molecule has 2 aromatic rings. The number of hydrogen-bond acceptors (Lipinski definition) is 3. The summed E-state index contributed by atoms with van der Waals surface area (Å²) in [4.78, 5) is 1.02. The lowest BCUT2D eigenvalue weighted by Gasteiger charge is -2.01. The molecule has 0 saturated carbocycles. The first kappa shape index (κ1) is 10.6. The van der Waals surface area contributed by atoms with Crippen LogP contribution in [0.5, 0.6) is 0 Å². The van der Waals surface area contributed by atoms with Crippen molar-refractivity contribution in [2.75, 3.05) is 0 Å². The van der Waals surface area contributed by atoms with Gasteiger partial charge in [0, 0.05) is 4.88 Å². The average Bonchev–Trinajstić information content (AvgIpc) is 2.30. The molecule has 0 unspecified atom stereocenters. The molecule has 0 amide bonds. The minimum atomic E-state index is 0.320. The number of nitrogens with one attached hydrogen (secondary N) is 1. The largest absolute Gasteiger partial charge is 0.289 e. The smallest absolute Gasteiger partial charge is 0.126 e. The van der Waals surface area contributed by atoms with Crippen LogP contribution in [0, 0.1) is 23.7 Å². The Bertz CT molecular complexity index is 603. The van der Waals surface area contributed by atoms with Crippen molar-refractivity contribution >= 4 is 11.3 Å². The first-order valence-electron chi connectivity index (χ1n) is 4.86. The second kappa shape index (κ2) is 4.30. The fourth-order valence-electron chi connectivity index (χ4n) is 1.39. The highest BCUT2D eigenvalue weighted by Gasteiger charge is 2.00. The van der Waals surface area contributed by atoms with Gasteiger partial charge < -0.3 is 0 Å². The maximum absolute atomic E-state index is 8.75. The summed E-state index contributed by atoms with van der Waals surface area (Å²) in [5, 5.41) is 16.5. The highest BCUT2D eigenvalue weighted by atomic mass is 32.1. The third-order valence-corrected chi connectivity index (χ3v) is 3.33. The molecule has 16 heavy (non-hydrogen) atoms. The standard InChI is InChI=1S/C13H10N2S/c1-9-2-4-10(5-3-9)12-7-6-11(8-14)13(15)16-12/h2-7,15H,1H3. The second-order valence-electron chi connectivity index (χ2n) is 3.52. The Labute approximate surface area is 97.9 Å². The van der Waals surface area contributed by atoms with Gasteiger partial charge in [0.05, 0.1) is 5.56 Å². The van der Waals surface area contributed by atoms with E-state index in [0.29, 0.717) is 10.2 Å². The summed E-state index contributed by atoms with van der Waals surface area (Å²) in [6.07, 6.45) is 0. The SMILES string of the molecule is Cc1ccc(-c2ccc(C#N)c(=N)s2)cc1. The van der Waals surface area contributed by atoms with Crippen LogP contribution < -0.4 is 4.67 Å². The highest BCUT2D eigenvalue weighted by Crippen LogP contribution is 2.22. The lowest BCUT2D eigenvalue weighted by molar-refractivity contribution is 1.31. The summed E-state index contributed by atoms with van der Waals surface area (Å²) in [7, 11) is 0. The summed E-state index contributed by atoms with van der Waals surface area (Å²) in [5.74, 6) is 0. The number of nitriles is 1. The van der Waals surface area contributed by atoms with E-state index in [1.165, 1.54) is 16.9 Å². The van der Waals surface area contributed by atoms with Crippen molar-refractivity contribution in [2.24, 2.45) is 0 Å². The van der Waals surface area contributed by atoms with Crippen LogP contribution in [0.25, 0.3) is 10.4 Å². The number of rotatable bonds is 1. The molecule has 0 radical (unpaired) electrons. The third-order valence-electron chi connectivity index (χ3n) is 2.31. The summed E-state index contributed by atoms with van der Waals surface area (Å²) >= 11 is 1.33. The van der Waals surface area contributed by atoms with Gasteiger partial charge in [-0.05, 0) is 24.6 Å². The zero-order valence-corrected chi connectivity index (χ0v) is 9.64. The fraction of sp³-hybridized carbons (Fsp3) is 0.0769. The Morgan fingerprint density at radius 2 is 1.81 bits per heavy atom. The van der Waals surface area contributed by atoms with Crippen LogP contribution in [0.1, 0.15) is 11.1 Å². The van der Waals surface area contributed by atoms with Gasteiger partial charge in [0.2, 0.25) is 0 Å². The topological polar surface area (TPSA) is 47.6 Å². The predicted octanol–water partition coefficient (Wildman–Crippen LogP) is 3.07. The van der Waals surface area contributed by atoms with E-state index in [1.807, 2.05) is 43.3 Å².